The molecule has 2 nitrogen and oxygen atoms in total. The average molecular weight is 317 g/mol. The van der Waals surface area contributed by atoms with E-state index in [9.17, 15) is 4.79 Å². The standard InChI is InChI=1S/C11H7BrClNOS/c12-9-5-7(1-2-10(9)13)11(15)14-8-3-4-16-6-8/h1-6H,(H,14,15). The van der Waals surface area contributed by atoms with Crippen molar-refractivity contribution >= 4 is 50.5 Å². The molecule has 0 aliphatic rings. The predicted molar refractivity (Wildman–Crippen MR) is 71.4 cm³/mol. The van der Waals surface area contributed by atoms with E-state index in [2.05, 4.69) is 21.2 Å². The van der Waals surface area contributed by atoms with Crippen LogP contribution in [-0.2, 0) is 0 Å². The third-order valence-corrected chi connectivity index (χ3v) is 3.86. The summed E-state index contributed by atoms with van der Waals surface area (Å²) in [7, 11) is 0. The van der Waals surface area contributed by atoms with Gasteiger partial charge in [0.1, 0.15) is 0 Å². The summed E-state index contributed by atoms with van der Waals surface area (Å²) in [4.78, 5) is 11.8. The zero-order valence-electron chi connectivity index (χ0n) is 8.04. The molecule has 2 aromatic rings. The van der Waals surface area contributed by atoms with Crippen molar-refractivity contribution in [2.75, 3.05) is 5.32 Å². The molecule has 1 aromatic carbocycles. The van der Waals surface area contributed by atoms with Crippen molar-refractivity contribution in [3.8, 4) is 0 Å². The normalized spacial score (nSPS) is 10.1. The van der Waals surface area contributed by atoms with E-state index in [1.165, 1.54) is 11.3 Å². The first-order valence-corrected chi connectivity index (χ1v) is 6.57. The van der Waals surface area contributed by atoms with Gasteiger partial charge in [-0.25, -0.2) is 0 Å². The molecule has 0 atom stereocenters. The number of hydrogen-bond acceptors (Lipinski definition) is 2. The first kappa shape index (κ1) is 11.6. The molecule has 5 heteroatoms. The number of benzene rings is 1. The molecule has 0 spiro atoms. The van der Waals surface area contributed by atoms with Crippen LogP contribution >= 0.6 is 38.9 Å². The fourth-order valence-corrected chi connectivity index (χ4v) is 2.26. The fraction of sp³-hybridized carbons (Fsp3) is 0. The maximum absolute atomic E-state index is 11.8. The first-order chi connectivity index (χ1) is 7.66. The highest BCUT2D eigenvalue weighted by atomic mass is 79.9. The lowest BCUT2D eigenvalue weighted by Gasteiger charge is -2.04. The van der Waals surface area contributed by atoms with E-state index < -0.39 is 0 Å². The van der Waals surface area contributed by atoms with Crippen LogP contribution in [0.4, 0.5) is 5.69 Å². The Morgan fingerprint density at radius 2 is 2.19 bits per heavy atom. The van der Waals surface area contributed by atoms with Gasteiger partial charge >= 0.3 is 0 Å². The van der Waals surface area contributed by atoms with Gasteiger partial charge in [0.25, 0.3) is 5.91 Å². The molecular formula is C11H7BrClNOS. The van der Waals surface area contributed by atoms with Gasteiger partial charge < -0.3 is 5.32 Å². The minimum Gasteiger partial charge on any atom is -0.321 e. The summed E-state index contributed by atoms with van der Waals surface area (Å²) >= 11 is 10.7. The molecule has 16 heavy (non-hydrogen) atoms. The molecule has 0 aliphatic heterocycles. The Labute approximate surface area is 110 Å². The number of carbonyl (C=O) groups excluding carboxylic acids is 1. The van der Waals surface area contributed by atoms with Gasteiger partial charge in [-0.1, -0.05) is 11.6 Å². The highest BCUT2D eigenvalue weighted by Crippen LogP contribution is 2.23. The van der Waals surface area contributed by atoms with E-state index >= 15 is 0 Å². The van der Waals surface area contributed by atoms with Gasteiger partial charge in [-0.2, -0.15) is 11.3 Å². The number of rotatable bonds is 2. The van der Waals surface area contributed by atoms with Gasteiger partial charge in [-0.05, 0) is 45.6 Å². The van der Waals surface area contributed by atoms with E-state index in [4.69, 9.17) is 11.6 Å². The van der Waals surface area contributed by atoms with E-state index in [1.54, 1.807) is 18.2 Å². The second kappa shape index (κ2) is 4.99. The van der Waals surface area contributed by atoms with Crippen LogP contribution in [0.5, 0.6) is 0 Å². The zero-order valence-corrected chi connectivity index (χ0v) is 11.2. The lowest BCUT2D eigenvalue weighted by molar-refractivity contribution is 0.102. The molecule has 0 fully saturated rings. The number of thiophene rings is 1. The monoisotopic (exact) mass is 315 g/mol. The number of nitrogens with one attached hydrogen (secondary N) is 1. The molecule has 1 aromatic heterocycles. The van der Waals surface area contributed by atoms with Gasteiger partial charge in [-0.15, -0.1) is 0 Å². The van der Waals surface area contributed by atoms with Crippen LogP contribution in [0.25, 0.3) is 0 Å². The summed E-state index contributed by atoms with van der Waals surface area (Å²) in [6.45, 7) is 0. The van der Waals surface area contributed by atoms with Gasteiger partial charge in [0.15, 0.2) is 0 Å². The highest BCUT2D eigenvalue weighted by Gasteiger charge is 2.08. The molecule has 0 bridgehead atoms. The van der Waals surface area contributed by atoms with Gasteiger partial charge in [-0.3, -0.25) is 4.79 Å². The van der Waals surface area contributed by atoms with Crippen LogP contribution in [0.2, 0.25) is 5.02 Å². The Balaban J connectivity index is 2.18. The third-order valence-electron chi connectivity index (χ3n) is 1.96. The Morgan fingerprint density at radius 3 is 2.81 bits per heavy atom. The topological polar surface area (TPSA) is 29.1 Å². The van der Waals surface area contributed by atoms with E-state index in [0.29, 0.717) is 15.1 Å². The summed E-state index contributed by atoms with van der Waals surface area (Å²) in [6.07, 6.45) is 0. The molecule has 0 unspecified atom stereocenters. The summed E-state index contributed by atoms with van der Waals surface area (Å²) < 4.78 is 0.715. The van der Waals surface area contributed by atoms with Crippen molar-refractivity contribution < 1.29 is 4.79 Å². The largest absolute Gasteiger partial charge is 0.321 e. The first-order valence-electron chi connectivity index (χ1n) is 4.45. The van der Waals surface area contributed by atoms with Crippen molar-refractivity contribution in [2.45, 2.75) is 0 Å². The van der Waals surface area contributed by atoms with Crippen molar-refractivity contribution in [3.05, 3.63) is 50.1 Å². The second-order valence-corrected chi connectivity index (χ2v) is 5.14. The van der Waals surface area contributed by atoms with Crippen LogP contribution < -0.4 is 5.32 Å². The highest BCUT2D eigenvalue weighted by molar-refractivity contribution is 9.10. The minimum absolute atomic E-state index is 0.143. The average Bonchev–Trinajstić information content (AvgIpc) is 2.74. The van der Waals surface area contributed by atoms with Crippen molar-refractivity contribution in [3.63, 3.8) is 0 Å². The molecule has 0 saturated carbocycles. The summed E-state index contributed by atoms with van der Waals surface area (Å²) in [5.41, 5.74) is 1.38. The SMILES string of the molecule is O=C(Nc1ccsc1)c1ccc(Cl)c(Br)c1. The van der Waals surface area contributed by atoms with Crippen LogP contribution in [0, 0.1) is 0 Å². The lowest BCUT2D eigenvalue weighted by Crippen LogP contribution is -2.11. The molecular weight excluding hydrogens is 310 g/mol. The molecule has 82 valence electrons. The van der Waals surface area contributed by atoms with Crippen LogP contribution in [-0.4, -0.2) is 5.91 Å². The number of hydrogen-bond donors (Lipinski definition) is 1. The molecule has 0 aliphatic carbocycles. The van der Waals surface area contributed by atoms with Crippen molar-refractivity contribution in [1.29, 1.82) is 0 Å². The smallest absolute Gasteiger partial charge is 0.255 e. The molecule has 2 rings (SSSR count). The summed E-state index contributed by atoms with van der Waals surface area (Å²) in [5, 5.41) is 7.17. The number of anilines is 1. The second-order valence-electron chi connectivity index (χ2n) is 3.10. The Bertz CT molecular complexity index is 513. The quantitative estimate of drug-likeness (QED) is 0.873. The molecule has 0 saturated heterocycles. The van der Waals surface area contributed by atoms with Crippen molar-refractivity contribution in [1.82, 2.24) is 0 Å². The van der Waals surface area contributed by atoms with Crippen LogP contribution in [0.15, 0.2) is 39.5 Å². The molecule has 1 amide bonds. The van der Waals surface area contributed by atoms with E-state index in [1.807, 2.05) is 16.8 Å². The number of carbonyl (C=O) groups is 1. The minimum atomic E-state index is -0.143. The molecule has 0 radical (unpaired) electrons. The summed E-state index contributed by atoms with van der Waals surface area (Å²) in [6, 6.07) is 6.93. The number of halogens is 2. The Morgan fingerprint density at radius 1 is 1.38 bits per heavy atom. The van der Waals surface area contributed by atoms with Crippen LogP contribution in [0.3, 0.4) is 0 Å². The van der Waals surface area contributed by atoms with E-state index in [0.717, 1.165) is 5.69 Å². The van der Waals surface area contributed by atoms with E-state index in [-0.39, 0.29) is 5.91 Å². The fourth-order valence-electron chi connectivity index (χ4n) is 1.18. The zero-order chi connectivity index (χ0) is 11.5. The van der Waals surface area contributed by atoms with Gasteiger partial charge in [0.05, 0.1) is 10.7 Å². The van der Waals surface area contributed by atoms with Gasteiger partial charge in [0.2, 0.25) is 0 Å². The Kier molecular flexibility index (Phi) is 3.63. The molecule has 1 N–H and O–H groups in total. The maximum atomic E-state index is 11.8. The molecule has 1 heterocycles. The Hall–Kier alpha value is -0.840. The third kappa shape index (κ3) is 2.64. The maximum Gasteiger partial charge on any atom is 0.255 e. The van der Waals surface area contributed by atoms with Crippen molar-refractivity contribution in [2.24, 2.45) is 0 Å². The predicted octanol–water partition coefficient (Wildman–Crippen LogP) is 4.42. The summed E-state index contributed by atoms with van der Waals surface area (Å²) in [5.74, 6) is -0.143. The van der Waals surface area contributed by atoms with Gasteiger partial charge in [0, 0.05) is 15.4 Å². The van der Waals surface area contributed by atoms with Crippen LogP contribution in [0.1, 0.15) is 10.4 Å². The lowest BCUT2D eigenvalue weighted by atomic mass is 10.2. The number of amides is 1.